The molecule has 6 nitrogen and oxygen atoms in total. The van der Waals surface area contributed by atoms with Gasteiger partial charge in [-0.2, -0.15) is 0 Å². The van der Waals surface area contributed by atoms with Crippen LogP contribution >= 0.6 is 0 Å². The summed E-state index contributed by atoms with van der Waals surface area (Å²) in [4.78, 5) is 11.6. The third-order valence-electron chi connectivity index (χ3n) is 4.93. The summed E-state index contributed by atoms with van der Waals surface area (Å²) in [6, 6.07) is 0. The van der Waals surface area contributed by atoms with Gasteiger partial charge in [-0.15, -0.1) is 0 Å². The van der Waals surface area contributed by atoms with Crippen molar-refractivity contribution in [1.82, 2.24) is 0 Å². The number of aliphatic hydroxyl groups is 1. The van der Waals surface area contributed by atoms with E-state index in [2.05, 4.69) is 11.6 Å². The van der Waals surface area contributed by atoms with Crippen molar-refractivity contribution in [2.24, 2.45) is 0 Å². The minimum Gasteiger partial charge on any atom is -0.463 e. The summed E-state index contributed by atoms with van der Waals surface area (Å²) in [5.74, 6) is -0.343. The van der Waals surface area contributed by atoms with Crippen LogP contribution in [0.5, 0.6) is 0 Å². The molecule has 0 aliphatic carbocycles. The molecule has 1 atom stereocenters. The molecule has 0 heterocycles. The molecule has 0 rings (SSSR count). The number of esters is 1. The van der Waals surface area contributed by atoms with Gasteiger partial charge in [0.2, 0.25) is 0 Å². The Morgan fingerprint density at radius 3 is 1.61 bits per heavy atom. The van der Waals surface area contributed by atoms with E-state index in [1.807, 2.05) is 0 Å². The van der Waals surface area contributed by atoms with E-state index in [-0.39, 0.29) is 12.6 Å². The highest BCUT2D eigenvalue weighted by Gasteiger charge is 2.18. The highest BCUT2D eigenvalue weighted by atomic mass is 16.6. The van der Waals surface area contributed by atoms with Crippen molar-refractivity contribution in [3.8, 4) is 0 Å². The molecule has 0 radical (unpaired) electrons. The van der Waals surface area contributed by atoms with Gasteiger partial charge in [0, 0.05) is 6.42 Å². The van der Waals surface area contributed by atoms with Gasteiger partial charge < -0.3 is 24.5 Å². The van der Waals surface area contributed by atoms with E-state index >= 15 is 0 Å². The van der Waals surface area contributed by atoms with Crippen molar-refractivity contribution in [1.29, 1.82) is 0 Å². The predicted molar refractivity (Wildman–Crippen MR) is 113 cm³/mol. The van der Waals surface area contributed by atoms with Crippen LogP contribution in [0.2, 0.25) is 0 Å². The number of hydrogen-bond donors (Lipinski definition) is 3. The molecule has 0 aromatic carbocycles. The van der Waals surface area contributed by atoms with E-state index in [9.17, 15) is 4.79 Å². The first-order chi connectivity index (χ1) is 13.6. The van der Waals surface area contributed by atoms with Crippen LogP contribution in [0, 0.1) is 0 Å². The van der Waals surface area contributed by atoms with Gasteiger partial charge in [-0.05, 0) is 6.42 Å². The Morgan fingerprint density at radius 1 is 0.786 bits per heavy atom. The van der Waals surface area contributed by atoms with Crippen LogP contribution in [0.25, 0.3) is 0 Å². The van der Waals surface area contributed by atoms with Gasteiger partial charge in [0.05, 0.1) is 6.61 Å². The number of carbonyl (C=O) groups is 1. The molecular weight excluding hydrogens is 359 g/mol. The fraction of sp³-hybridized carbons (Fsp3) is 0.952. The number of hydrogen-bond acceptors (Lipinski definition) is 6. The van der Waals surface area contributed by atoms with Crippen molar-refractivity contribution >= 4 is 13.3 Å². The lowest BCUT2D eigenvalue weighted by Gasteiger charge is -2.15. The normalized spacial score (nSPS) is 12.1. The minimum atomic E-state index is -1.98. The first-order valence-corrected chi connectivity index (χ1v) is 11.4. The van der Waals surface area contributed by atoms with Crippen molar-refractivity contribution in [3.63, 3.8) is 0 Å². The summed E-state index contributed by atoms with van der Waals surface area (Å²) in [6.45, 7) is 1.64. The van der Waals surface area contributed by atoms with Crippen molar-refractivity contribution < 1.29 is 29.3 Å². The van der Waals surface area contributed by atoms with Gasteiger partial charge in [-0.1, -0.05) is 96.8 Å². The molecule has 0 amide bonds. The van der Waals surface area contributed by atoms with Crippen LogP contribution in [0.4, 0.5) is 0 Å². The van der Waals surface area contributed by atoms with Crippen LogP contribution < -0.4 is 0 Å². The van der Waals surface area contributed by atoms with Gasteiger partial charge in [0.1, 0.15) is 12.7 Å². The molecule has 0 bridgehead atoms. The number of aliphatic hydroxyl groups excluding tert-OH is 1. The van der Waals surface area contributed by atoms with Gasteiger partial charge >= 0.3 is 13.3 Å². The Balaban J connectivity index is 3.29. The predicted octanol–water partition coefficient (Wildman–Crippen LogP) is 4.14. The third kappa shape index (κ3) is 20.1. The Kier molecular flexibility index (Phi) is 20.6. The summed E-state index contributed by atoms with van der Waals surface area (Å²) in [7, 11) is -1.98. The number of unbranched alkanes of at least 4 members (excludes halogenated alkanes) is 14. The molecule has 0 saturated carbocycles. The van der Waals surface area contributed by atoms with Crippen molar-refractivity contribution in [2.75, 3.05) is 13.2 Å². The number of rotatable bonds is 21. The van der Waals surface area contributed by atoms with Crippen molar-refractivity contribution in [2.45, 2.75) is 116 Å². The Hall–Kier alpha value is -0.625. The van der Waals surface area contributed by atoms with Crippen molar-refractivity contribution in [3.05, 3.63) is 0 Å². The molecule has 3 N–H and O–H groups in total. The topological polar surface area (TPSA) is 96.2 Å². The molecule has 7 heteroatoms. The fourth-order valence-corrected chi connectivity index (χ4v) is 3.21. The molecule has 0 aromatic rings. The lowest BCUT2D eigenvalue weighted by atomic mass is 10.0. The fourth-order valence-electron chi connectivity index (χ4n) is 3.21. The quantitative estimate of drug-likeness (QED) is 0.152. The Morgan fingerprint density at radius 2 is 1.21 bits per heavy atom. The molecule has 0 saturated heterocycles. The summed E-state index contributed by atoms with van der Waals surface area (Å²) >= 11 is 0. The molecule has 0 aromatic heterocycles. The van der Waals surface area contributed by atoms with Crippen LogP contribution in [-0.2, 0) is 14.2 Å². The molecule has 0 aliphatic heterocycles. The van der Waals surface area contributed by atoms with E-state index in [4.69, 9.17) is 19.9 Å². The van der Waals surface area contributed by atoms with Gasteiger partial charge in [0.15, 0.2) is 0 Å². The van der Waals surface area contributed by atoms with Crippen LogP contribution in [0.1, 0.15) is 110 Å². The summed E-state index contributed by atoms with van der Waals surface area (Å²) in [5.41, 5.74) is 0. The highest BCUT2D eigenvalue weighted by molar-refractivity contribution is 6.32. The first kappa shape index (κ1) is 27.4. The summed E-state index contributed by atoms with van der Waals surface area (Å²) < 4.78 is 9.53. The molecule has 0 aliphatic rings. The van der Waals surface area contributed by atoms with Crippen LogP contribution in [0.3, 0.4) is 0 Å². The second-order valence-electron chi connectivity index (χ2n) is 7.65. The molecule has 28 heavy (non-hydrogen) atoms. The molecule has 0 fully saturated rings. The maximum absolute atomic E-state index is 11.6. The smallest absolute Gasteiger partial charge is 0.463 e. The number of carbonyl (C=O) groups excluding carboxylic acids is 1. The zero-order chi connectivity index (χ0) is 20.9. The first-order valence-electron chi connectivity index (χ1n) is 11.4. The van der Waals surface area contributed by atoms with Gasteiger partial charge in [-0.25, -0.2) is 0 Å². The lowest BCUT2D eigenvalue weighted by Crippen LogP contribution is -2.32. The second kappa shape index (κ2) is 21.1. The third-order valence-corrected chi connectivity index (χ3v) is 4.93. The monoisotopic (exact) mass is 402 g/mol. The highest BCUT2D eigenvalue weighted by Crippen LogP contribution is 2.13. The average molecular weight is 402 g/mol. The van der Waals surface area contributed by atoms with Gasteiger partial charge in [-0.3, -0.25) is 4.79 Å². The Labute approximate surface area is 172 Å². The van der Waals surface area contributed by atoms with E-state index in [0.717, 1.165) is 19.3 Å². The number of ether oxygens (including phenoxy) is 1. The molecule has 166 valence electrons. The van der Waals surface area contributed by atoms with E-state index in [1.54, 1.807) is 0 Å². The van der Waals surface area contributed by atoms with E-state index in [1.165, 1.54) is 77.0 Å². The average Bonchev–Trinajstić information content (AvgIpc) is 2.67. The second-order valence-corrected chi connectivity index (χ2v) is 7.65. The van der Waals surface area contributed by atoms with E-state index < -0.39 is 20.0 Å². The zero-order valence-electron chi connectivity index (χ0n) is 17.9. The lowest BCUT2D eigenvalue weighted by molar-refractivity contribution is -0.147. The molecule has 0 spiro atoms. The summed E-state index contributed by atoms with van der Waals surface area (Å²) in [6.07, 6.45) is 18.6. The minimum absolute atomic E-state index is 0.175. The SMILES string of the molecule is CCCCCCCCCCCCCCCCCC(=O)OCC(CO)OB(O)O. The Bertz CT molecular complexity index is 341. The standard InChI is InChI=1S/C21H43BO6/c1-2-3-4-5-6-7-8-9-10-11-12-13-14-15-16-17-21(24)27-19-20(18-23)28-22(25)26/h20,23,25-26H,2-19H2,1H3. The van der Waals surface area contributed by atoms with Crippen LogP contribution in [0.15, 0.2) is 0 Å². The summed E-state index contributed by atoms with van der Waals surface area (Å²) in [5, 5.41) is 26.3. The maximum atomic E-state index is 11.6. The van der Waals surface area contributed by atoms with Crippen LogP contribution in [-0.4, -0.2) is 47.8 Å². The zero-order valence-corrected chi connectivity index (χ0v) is 17.9. The maximum Gasteiger partial charge on any atom is 0.634 e. The molecule has 1 unspecified atom stereocenters. The van der Waals surface area contributed by atoms with Gasteiger partial charge in [0.25, 0.3) is 0 Å². The largest absolute Gasteiger partial charge is 0.634 e. The molecular formula is C21H43BO6. The van der Waals surface area contributed by atoms with E-state index in [0.29, 0.717) is 6.42 Å².